The molecular formula is C22H21F3N4O. The number of aryl methyl sites for hydroxylation is 2. The van der Waals surface area contributed by atoms with Gasteiger partial charge in [0.15, 0.2) is 0 Å². The number of alkyl halides is 3. The number of rotatable bonds is 5. The Hall–Kier alpha value is -3.29. The van der Waals surface area contributed by atoms with Gasteiger partial charge in [-0.2, -0.15) is 13.2 Å². The summed E-state index contributed by atoms with van der Waals surface area (Å²) in [6.07, 6.45) is 0.961. The molecule has 156 valence electrons. The van der Waals surface area contributed by atoms with Crippen LogP contribution in [0.4, 0.5) is 24.5 Å². The van der Waals surface area contributed by atoms with Crippen molar-refractivity contribution < 1.29 is 18.0 Å². The number of halogens is 3. The number of nitrogens with one attached hydrogen (secondary N) is 2. The van der Waals surface area contributed by atoms with Crippen molar-refractivity contribution in [1.29, 1.82) is 0 Å². The summed E-state index contributed by atoms with van der Waals surface area (Å²) in [6, 6.07) is 12.1. The number of fused-ring (bicyclic) bond motifs is 1. The van der Waals surface area contributed by atoms with Crippen LogP contribution in [0.2, 0.25) is 0 Å². The molecular weight excluding hydrogens is 393 g/mol. The molecule has 3 aromatic rings. The van der Waals surface area contributed by atoms with Gasteiger partial charge < -0.3 is 15.2 Å². The van der Waals surface area contributed by atoms with Crippen molar-refractivity contribution in [1.82, 2.24) is 9.55 Å². The van der Waals surface area contributed by atoms with E-state index in [1.807, 2.05) is 12.1 Å². The van der Waals surface area contributed by atoms with E-state index in [9.17, 15) is 18.0 Å². The van der Waals surface area contributed by atoms with Gasteiger partial charge in [0.05, 0.1) is 17.8 Å². The minimum atomic E-state index is -4.42. The molecule has 0 saturated heterocycles. The van der Waals surface area contributed by atoms with Crippen LogP contribution in [-0.4, -0.2) is 22.0 Å². The Kier molecular flexibility index (Phi) is 5.48. The van der Waals surface area contributed by atoms with E-state index < -0.39 is 11.7 Å². The summed E-state index contributed by atoms with van der Waals surface area (Å²) in [5, 5.41) is 5.45. The van der Waals surface area contributed by atoms with E-state index in [0.29, 0.717) is 5.69 Å². The quantitative estimate of drug-likeness (QED) is 0.621. The van der Waals surface area contributed by atoms with E-state index in [1.165, 1.54) is 18.6 Å². The number of anilines is 2. The summed E-state index contributed by atoms with van der Waals surface area (Å²) in [6.45, 7) is 0.853. The lowest BCUT2D eigenvalue weighted by Gasteiger charge is -2.11. The summed E-state index contributed by atoms with van der Waals surface area (Å²) in [5.74, 6) is 0.756. The largest absolute Gasteiger partial charge is 0.416 e. The number of carbonyl (C=O) groups is 1. The molecule has 1 aliphatic heterocycles. The van der Waals surface area contributed by atoms with Crippen LogP contribution in [0.5, 0.6) is 0 Å². The molecule has 8 heteroatoms. The molecule has 1 aliphatic rings. The van der Waals surface area contributed by atoms with E-state index in [0.717, 1.165) is 48.6 Å². The fourth-order valence-corrected chi connectivity index (χ4v) is 3.47. The maximum atomic E-state index is 12.8. The van der Waals surface area contributed by atoms with E-state index in [4.69, 9.17) is 0 Å². The molecule has 0 bridgehead atoms. The summed E-state index contributed by atoms with van der Waals surface area (Å²) in [5.41, 5.74) is 1.97. The average molecular weight is 414 g/mol. The smallest absolute Gasteiger partial charge is 0.376 e. The summed E-state index contributed by atoms with van der Waals surface area (Å²) < 4.78 is 40.5. The first-order valence-electron chi connectivity index (χ1n) is 9.76. The first kappa shape index (κ1) is 20.0. The van der Waals surface area contributed by atoms with E-state index >= 15 is 0 Å². The van der Waals surface area contributed by atoms with Gasteiger partial charge in [-0.3, -0.25) is 4.79 Å². The SMILES string of the molecule is O=C(CNc1cccc(C(F)(F)F)c1)Nc1ccc(-c2cn3c(n2)CCCC3)cc1. The van der Waals surface area contributed by atoms with Crippen LogP contribution in [0, 0.1) is 0 Å². The lowest BCUT2D eigenvalue weighted by molar-refractivity contribution is -0.137. The van der Waals surface area contributed by atoms with Crippen LogP contribution >= 0.6 is 0 Å². The third-order valence-corrected chi connectivity index (χ3v) is 5.02. The highest BCUT2D eigenvalue weighted by Crippen LogP contribution is 2.30. The van der Waals surface area contributed by atoms with Gasteiger partial charge in [0.25, 0.3) is 0 Å². The first-order chi connectivity index (χ1) is 14.4. The minimum Gasteiger partial charge on any atom is -0.376 e. The van der Waals surface area contributed by atoms with Crippen LogP contribution in [0.15, 0.2) is 54.7 Å². The predicted molar refractivity (Wildman–Crippen MR) is 109 cm³/mol. The van der Waals surface area contributed by atoms with E-state index in [1.54, 1.807) is 12.1 Å². The molecule has 0 unspecified atom stereocenters. The summed E-state index contributed by atoms with van der Waals surface area (Å²) in [4.78, 5) is 16.8. The Morgan fingerprint density at radius 1 is 1.07 bits per heavy atom. The highest BCUT2D eigenvalue weighted by molar-refractivity contribution is 5.94. The Morgan fingerprint density at radius 2 is 1.87 bits per heavy atom. The van der Waals surface area contributed by atoms with Crippen LogP contribution in [-0.2, 0) is 23.9 Å². The Bertz CT molecular complexity index is 1020. The van der Waals surface area contributed by atoms with Gasteiger partial charge in [-0.1, -0.05) is 18.2 Å². The Labute approximate surface area is 171 Å². The van der Waals surface area contributed by atoms with Gasteiger partial charge in [-0.15, -0.1) is 0 Å². The third-order valence-electron chi connectivity index (χ3n) is 5.02. The first-order valence-corrected chi connectivity index (χ1v) is 9.76. The molecule has 0 spiro atoms. The standard InChI is InChI=1S/C22H21F3N4O/c23-22(24,25)16-4-3-5-18(12-16)26-13-21(30)27-17-9-7-15(8-10-17)19-14-29-11-2-1-6-20(29)28-19/h3-5,7-10,12,14,26H,1-2,6,11,13H2,(H,27,30). The van der Waals surface area contributed by atoms with Crippen molar-refractivity contribution in [3.05, 3.63) is 66.1 Å². The summed E-state index contributed by atoms with van der Waals surface area (Å²) >= 11 is 0. The Morgan fingerprint density at radius 3 is 2.60 bits per heavy atom. The molecule has 0 fully saturated rings. The Balaban J connectivity index is 1.34. The van der Waals surface area contributed by atoms with Crippen molar-refractivity contribution in [2.75, 3.05) is 17.2 Å². The van der Waals surface area contributed by atoms with Crippen LogP contribution < -0.4 is 10.6 Å². The second kappa shape index (κ2) is 8.22. The molecule has 30 heavy (non-hydrogen) atoms. The second-order valence-electron chi connectivity index (χ2n) is 7.25. The maximum Gasteiger partial charge on any atom is 0.416 e. The lowest BCUT2D eigenvalue weighted by atomic mass is 10.1. The van der Waals surface area contributed by atoms with Gasteiger partial charge in [0.2, 0.25) is 5.91 Å². The highest BCUT2D eigenvalue weighted by Gasteiger charge is 2.30. The third kappa shape index (κ3) is 4.64. The van der Waals surface area contributed by atoms with Crippen molar-refractivity contribution in [2.45, 2.75) is 32.0 Å². The lowest BCUT2D eigenvalue weighted by Crippen LogP contribution is -2.21. The van der Waals surface area contributed by atoms with Gasteiger partial charge in [0, 0.05) is 36.1 Å². The topological polar surface area (TPSA) is 59.0 Å². The predicted octanol–water partition coefficient (Wildman–Crippen LogP) is 4.96. The molecule has 1 aromatic heterocycles. The number of imidazole rings is 1. The van der Waals surface area contributed by atoms with Crippen molar-refractivity contribution in [3.63, 3.8) is 0 Å². The highest BCUT2D eigenvalue weighted by atomic mass is 19.4. The molecule has 2 aromatic carbocycles. The monoisotopic (exact) mass is 414 g/mol. The van der Waals surface area contributed by atoms with E-state index in [2.05, 4.69) is 26.4 Å². The van der Waals surface area contributed by atoms with Crippen molar-refractivity contribution >= 4 is 17.3 Å². The number of amides is 1. The molecule has 0 saturated carbocycles. The fourth-order valence-electron chi connectivity index (χ4n) is 3.47. The molecule has 2 N–H and O–H groups in total. The average Bonchev–Trinajstić information content (AvgIpc) is 3.17. The molecule has 0 radical (unpaired) electrons. The van der Waals surface area contributed by atoms with Crippen LogP contribution in [0.3, 0.4) is 0 Å². The molecule has 5 nitrogen and oxygen atoms in total. The molecule has 0 atom stereocenters. The molecule has 2 heterocycles. The fraction of sp³-hybridized carbons (Fsp3) is 0.273. The molecule has 4 rings (SSSR count). The zero-order chi connectivity index (χ0) is 21.1. The maximum absolute atomic E-state index is 12.8. The number of aromatic nitrogens is 2. The van der Waals surface area contributed by atoms with Crippen LogP contribution in [0.25, 0.3) is 11.3 Å². The second-order valence-corrected chi connectivity index (χ2v) is 7.25. The number of carbonyl (C=O) groups excluding carboxylic acids is 1. The van der Waals surface area contributed by atoms with Crippen molar-refractivity contribution in [3.8, 4) is 11.3 Å². The van der Waals surface area contributed by atoms with Crippen molar-refractivity contribution in [2.24, 2.45) is 0 Å². The van der Waals surface area contributed by atoms with Gasteiger partial charge in [-0.25, -0.2) is 4.98 Å². The number of hydrogen-bond acceptors (Lipinski definition) is 3. The normalized spacial score (nSPS) is 13.6. The number of benzene rings is 2. The molecule has 0 aliphatic carbocycles. The zero-order valence-electron chi connectivity index (χ0n) is 16.2. The van der Waals surface area contributed by atoms with Gasteiger partial charge in [0.1, 0.15) is 5.82 Å². The van der Waals surface area contributed by atoms with E-state index in [-0.39, 0.29) is 18.1 Å². The van der Waals surface area contributed by atoms with Gasteiger partial charge >= 0.3 is 6.18 Å². The zero-order valence-corrected chi connectivity index (χ0v) is 16.2. The van der Waals surface area contributed by atoms with Crippen LogP contribution in [0.1, 0.15) is 24.2 Å². The summed E-state index contributed by atoms with van der Waals surface area (Å²) in [7, 11) is 0. The number of nitrogens with zero attached hydrogens (tertiary/aromatic N) is 2. The molecule has 1 amide bonds. The van der Waals surface area contributed by atoms with Gasteiger partial charge in [-0.05, 0) is 43.2 Å². The minimum absolute atomic E-state index is 0.142. The number of hydrogen-bond donors (Lipinski definition) is 2.